The first-order chi connectivity index (χ1) is 11.9. The maximum absolute atomic E-state index is 12.2. The minimum Gasteiger partial charge on any atom is -0.493 e. The number of carbonyl (C=O) groups is 1. The van der Waals surface area contributed by atoms with Crippen LogP contribution in [0.1, 0.15) is 19.8 Å². The van der Waals surface area contributed by atoms with Gasteiger partial charge in [-0.15, -0.1) is 0 Å². The van der Waals surface area contributed by atoms with E-state index >= 15 is 0 Å². The van der Waals surface area contributed by atoms with Crippen molar-refractivity contribution in [3.63, 3.8) is 0 Å². The summed E-state index contributed by atoms with van der Waals surface area (Å²) in [6.45, 7) is 3.25. The van der Waals surface area contributed by atoms with Gasteiger partial charge in [0.2, 0.25) is 5.91 Å². The van der Waals surface area contributed by atoms with E-state index in [4.69, 9.17) is 9.47 Å². The van der Waals surface area contributed by atoms with Crippen LogP contribution >= 0.6 is 0 Å². The standard InChI is InChI=1S/C17H26N2O5S/c1-4-19(14-8-10-25(21,22)12-14)9-7-17(20)18-13-5-6-15(23-2)16(11-13)24-3/h5-6,11,14H,4,7-10,12H2,1-3H3,(H,18,20). The van der Waals surface area contributed by atoms with Crippen molar-refractivity contribution in [2.75, 3.05) is 44.1 Å². The number of methoxy groups -OCH3 is 2. The molecule has 1 atom stereocenters. The second kappa shape index (κ2) is 8.53. The fourth-order valence-electron chi connectivity index (χ4n) is 3.04. The van der Waals surface area contributed by atoms with E-state index in [0.29, 0.717) is 36.6 Å². The lowest BCUT2D eigenvalue weighted by molar-refractivity contribution is -0.116. The molecule has 0 aliphatic carbocycles. The molecule has 0 aromatic heterocycles. The molecule has 1 heterocycles. The Bertz CT molecular complexity index is 705. The molecule has 1 aliphatic heterocycles. The van der Waals surface area contributed by atoms with Crippen LogP contribution in [0.4, 0.5) is 5.69 Å². The number of anilines is 1. The Hall–Kier alpha value is -1.80. The molecule has 0 spiro atoms. The molecule has 0 saturated carbocycles. The van der Waals surface area contributed by atoms with Crippen LogP contribution in [0.5, 0.6) is 11.5 Å². The molecule has 1 amide bonds. The Morgan fingerprint density at radius 1 is 1.28 bits per heavy atom. The number of nitrogens with one attached hydrogen (secondary N) is 1. The summed E-state index contributed by atoms with van der Waals surface area (Å²) in [7, 11) is 0.174. The second-order valence-electron chi connectivity index (χ2n) is 6.05. The fourth-order valence-corrected chi connectivity index (χ4v) is 4.81. The SMILES string of the molecule is CCN(CCC(=O)Nc1ccc(OC)c(OC)c1)C1CCS(=O)(=O)C1. The van der Waals surface area contributed by atoms with Gasteiger partial charge in [0.25, 0.3) is 0 Å². The molecule has 0 radical (unpaired) electrons. The molecule has 0 bridgehead atoms. The molecule has 1 aromatic rings. The van der Waals surface area contributed by atoms with Crippen molar-refractivity contribution in [1.82, 2.24) is 4.90 Å². The average Bonchev–Trinajstić information content (AvgIpc) is 2.95. The third-order valence-corrected chi connectivity index (χ3v) is 6.17. The predicted octanol–water partition coefficient (Wildman–Crippen LogP) is 1.54. The van der Waals surface area contributed by atoms with Crippen LogP contribution in [0, 0.1) is 0 Å². The zero-order valence-corrected chi connectivity index (χ0v) is 15.8. The van der Waals surface area contributed by atoms with Crippen molar-refractivity contribution in [2.45, 2.75) is 25.8 Å². The Morgan fingerprint density at radius 2 is 2.00 bits per heavy atom. The van der Waals surface area contributed by atoms with Gasteiger partial charge in [0.15, 0.2) is 21.3 Å². The number of amides is 1. The lowest BCUT2D eigenvalue weighted by atomic mass is 10.2. The summed E-state index contributed by atoms with van der Waals surface area (Å²) in [5, 5.41) is 2.83. The van der Waals surface area contributed by atoms with E-state index in [0.717, 1.165) is 6.54 Å². The maximum atomic E-state index is 12.2. The molecule has 8 heteroatoms. The minimum absolute atomic E-state index is 0.0175. The van der Waals surface area contributed by atoms with Crippen molar-refractivity contribution in [2.24, 2.45) is 0 Å². The van der Waals surface area contributed by atoms with E-state index in [1.54, 1.807) is 25.3 Å². The molecular formula is C17H26N2O5S. The molecule has 1 N–H and O–H groups in total. The van der Waals surface area contributed by atoms with Gasteiger partial charge < -0.3 is 14.8 Å². The maximum Gasteiger partial charge on any atom is 0.225 e. The molecule has 1 fully saturated rings. The van der Waals surface area contributed by atoms with Gasteiger partial charge in [-0.05, 0) is 25.1 Å². The Morgan fingerprint density at radius 3 is 2.56 bits per heavy atom. The van der Waals surface area contributed by atoms with Gasteiger partial charge in [0.1, 0.15) is 0 Å². The molecule has 1 aliphatic rings. The van der Waals surface area contributed by atoms with E-state index in [9.17, 15) is 13.2 Å². The topological polar surface area (TPSA) is 84.9 Å². The van der Waals surface area contributed by atoms with Crippen LogP contribution in [0.3, 0.4) is 0 Å². The van der Waals surface area contributed by atoms with Crippen molar-refractivity contribution < 1.29 is 22.7 Å². The van der Waals surface area contributed by atoms with Gasteiger partial charge in [-0.3, -0.25) is 9.69 Å². The second-order valence-corrected chi connectivity index (χ2v) is 8.28. The summed E-state index contributed by atoms with van der Waals surface area (Å²) in [5.41, 5.74) is 0.633. The van der Waals surface area contributed by atoms with Crippen molar-refractivity contribution in [3.05, 3.63) is 18.2 Å². The number of hydrogen-bond acceptors (Lipinski definition) is 6. The van der Waals surface area contributed by atoms with Crippen molar-refractivity contribution >= 4 is 21.4 Å². The monoisotopic (exact) mass is 370 g/mol. The largest absolute Gasteiger partial charge is 0.493 e. The molecule has 2 rings (SSSR count). The first kappa shape index (κ1) is 19.5. The number of benzene rings is 1. The summed E-state index contributed by atoms with van der Waals surface area (Å²) in [5.74, 6) is 1.46. The molecule has 25 heavy (non-hydrogen) atoms. The van der Waals surface area contributed by atoms with E-state index < -0.39 is 9.84 Å². The van der Waals surface area contributed by atoms with E-state index in [1.165, 1.54) is 7.11 Å². The third kappa shape index (κ3) is 5.34. The lowest BCUT2D eigenvalue weighted by Crippen LogP contribution is -2.38. The van der Waals surface area contributed by atoms with Gasteiger partial charge in [0, 0.05) is 30.8 Å². The highest BCUT2D eigenvalue weighted by atomic mass is 32.2. The van der Waals surface area contributed by atoms with E-state index in [-0.39, 0.29) is 23.5 Å². The van der Waals surface area contributed by atoms with Gasteiger partial charge in [-0.1, -0.05) is 6.92 Å². The summed E-state index contributed by atoms with van der Waals surface area (Å²) in [4.78, 5) is 14.3. The number of carbonyl (C=O) groups excluding carboxylic acids is 1. The van der Waals surface area contributed by atoms with E-state index in [2.05, 4.69) is 10.2 Å². The highest BCUT2D eigenvalue weighted by molar-refractivity contribution is 7.91. The van der Waals surface area contributed by atoms with E-state index in [1.807, 2.05) is 6.92 Å². The first-order valence-electron chi connectivity index (χ1n) is 8.35. The third-order valence-electron chi connectivity index (χ3n) is 4.42. The number of nitrogens with zero attached hydrogens (tertiary/aromatic N) is 1. The van der Waals surface area contributed by atoms with Crippen LogP contribution < -0.4 is 14.8 Å². The summed E-state index contributed by atoms with van der Waals surface area (Å²) >= 11 is 0. The highest BCUT2D eigenvalue weighted by Gasteiger charge is 2.31. The van der Waals surface area contributed by atoms with Crippen LogP contribution in [-0.2, 0) is 14.6 Å². The van der Waals surface area contributed by atoms with Crippen molar-refractivity contribution in [3.8, 4) is 11.5 Å². The molecule has 1 saturated heterocycles. The van der Waals surface area contributed by atoms with Crippen molar-refractivity contribution in [1.29, 1.82) is 0 Å². The quantitative estimate of drug-likeness (QED) is 0.747. The van der Waals surface area contributed by atoms with Gasteiger partial charge in [0.05, 0.1) is 25.7 Å². The van der Waals surface area contributed by atoms with Crippen LogP contribution in [0.25, 0.3) is 0 Å². The first-order valence-corrected chi connectivity index (χ1v) is 10.2. The molecule has 7 nitrogen and oxygen atoms in total. The number of hydrogen-bond donors (Lipinski definition) is 1. The van der Waals surface area contributed by atoms with Gasteiger partial charge in [-0.25, -0.2) is 8.42 Å². The number of rotatable bonds is 8. The molecular weight excluding hydrogens is 344 g/mol. The van der Waals surface area contributed by atoms with Crippen LogP contribution in [0.15, 0.2) is 18.2 Å². The predicted molar refractivity (Wildman–Crippen MR) is 97.1 cm³/mol. The normalized spacial score (nSPS) is 19.0. The van der Waals surface area contributed by atoms with Gasteiger partial charge in [-0.2, -0.15) is 0 Å². The summed E-state index contributed by atoms with van der Waals surface area (Å²) in [6, 6.07) is 5.21. The van der Waals surface area contributed by atoms with Crippen LogP contribution in [-0.4, -0.2) is 64.1 Å². The molecule has 140 valence electrons. The Balaban J connectivity index is 1.89. The smallest absolute Gasteiger partial charge is 0.225 e. The molecule has 1 unspecified atom stereocenters. The molecule has 1 aromatic carbocycles. The summed E-state index contributed by atoms with van der Waals surface area (Å²) < 4.78 is 33.6. The minimum atomic E-state index is -2.92. The zero-order chi connectivity index (χ0) is 18.4. The highest BCUT2D eigenvalue weighted by Crippen LogP contribution is 2.29. The Kier molecular flexibility index (Phi) is 6.66. The Labute approximate surface area is 149 Å². The van der Waals surface area contributed by atoms with Crippen LogP contribution in [0.2, 0.25) is 0 Å². The number of ether oxygens (including phenoxy) is 2. The zero-order valence-electron chi connectivity index (χ0n) is 14.9. The average molecular weight is 370 g/mol. The lowest BCUT2D eigenvalue weighted by Gasteiger charge is -2.26. The fraction of sp³-hybridized carbons (Fsp3) is 0.588. The van der Waals surface area contributed by atoms with Gasteiger partial charge >= 0.3 is 0 Å². The number of sulfone groups is 1. The summed E-state index contributed by atoms with van der Waals surface area (Å²) in [6.07, 6.45) is 0.951.